The Balaban J connectivity index is 2.52. The molecule has 0 aromatic heterocycles. The second-order valence-electron chi connectivity index (χ2n) is 6.01. The molecule has 114 valence electrons. The molecule has 0 aromatic rings. The highest BCUT2D eigenvalue weighted by atomic mass is 32.2. The van der Waals surface area contributed by atoms with Crippen LogP contribution in [0.1, 0.15) is 40.5 Å². The molecule has 3 atom stereocenters. The Morgan fingerprint density at radius 1 is 1.42 bits per heavy atom. The van der Waals surface area contributed by atoms with Crippen LogP contribution in [-0.2, 0) is 14.8 Å². The van der Waals surface area contributed by atoms with Gasteiger partial charge in [0, 0.05) is 25.1 Å². The van der Waals surface area contributed by atoms with Crippen LogP contribution >= 0.6 is 0 Å². The van der Waals surface area contributed by atoms with Gasteiger partial charge in [-0.15, -0.1) is 0 Å². The second-order valence-corrected chi connectivity index (χ2v) is 8.14. The molecule has 19 heavy (non-hydrogen) atoms. The Morgan fingerprint density at radius 3 is 2.53 bits per heavy atom. The van der Waals surface area contributed by atoms with E-state index in [1.54, 1.807) is 14.0 Å². The number of nitrogens with one attached hydrogen (secondary N) is 2. The zero-order chi connectivity index (χ0) is 14.7. The molecule has 0 aliphatic heterocycles. The van der Waals surface area contributed by atoms with Gasteiger partial charge in [-0.3, -0.25) is 0 Å². The summed E-state index contributed by atoms with van der Waals surface area (Å²) in [6.45, 7) is 9.22. The van der Waals surface area contributed by atoms with Gasteiger partial charge in [0.25, 0.3) is 0 Å². The van der Waals surface area contributed by atoms with E-state index in [1.807, 2.05) is 13.8 Å². The molecule has 1 aliphatic carbocycles. The third-order valence-electron chi connectivity index (χ3n) is 4.16. The van der Waals surface area contributed by atoms with Crippen molar-refractivity contribution in [2.45, 2.75) is 57.9 Å². The fourth-order valence-electron chi connectivity index (χ4n) is 2.39. The first kappa shape index (κ1) is 16.9. The first-order valence-corrected chi connectivity index (χ1v) is 8.55. The van der Waals surface area contributed by atoms with E-state index >= 15 is 0 Å². The summed E-state index contributed by atoms with van der Waals surface area (Å²) in [5, 5.41) is 2.73. The molecule has 1 rings (SSSR count). The minimum absolute atomic E-state index is 0.0314. The molecule has 0 radical (unpaired) electrons. The van der Waals surface area contributed by atoms with Crippen LogP contribution in [0.4, 0.5) is 0 Å². The lowest BCUT2D eigenvalue weighted by atomic mass is 9.65. The summed E-state index contributed by atoms with van der Waals surface area (Å²) in [5.41, 5.74) is -0.140. The maximum atomic E-state index is 12.2. The molecule has 1 fully saturated rings. The number of hydrogen-bond acceptors (Lipinski definition) is 4. The molecule has 3 unspecified atom stereocenters. The van der Waals surface area contributed by atoms with Crippen molar-refractivity contribution >= 4 is 10.0 Å². The van der Waals surface area contributed by atoms with Crippen molar-refractivity contribution in [3.05, 3.63) is 0 Å². The summed E-state index contributed by atoms with van der Waals surface area (Å²) in [6.07, 6.45) is 1.89. The Bertz CT molecular complexity index is 381. The Kier molecular flexibility index (Phi) is 5.79. The highest BCUT2D eigenvalue weighted by Crippen LogP contribution is 2.42. The van der Waals surface area contributed by atoms with Gasteiger partial charge in [0.2, 0.25) is 10.0 Å². The molecule has 0 aromatic carbocycles. The van der Waals surface area contributed by atoms with E-state index in [2.05, 4.69) is 17.0 Å². The van der Waals surface area contributed by atoms with Gasteiger partial charge in [-0.25, -0.2) is 13.1 Å². The van der Waals surface area contributed by atoms with Gasteiger partial charge in [-0.1, -0.05) is 20.8 Å². The average Bonchev–Trinajstić information content (AvgIpc) is 2.34. The van der Waals surface area contributed by atoms with Crippen LogP contribution in [0.15, 0.2) is 0 Å². The average molecular weight is 292 g/mol. The predicted octanol–water partition coefficient (Wildman–Crippen LogP) is 1.11. The number of ether oxygens (including phenoxy) is 1. The monoisotopic (exact) mass is 292 g/mol. The van der Waals surface area contributed by atoms with Crippen LogP contribution in [0.25, 0.3) is 0 Å². The molecule has 6 heteroatoms. The van der Waals surface area contributed by atoms with Gasteiger partial charge >= 0.3 is 0 Å². The van der Waals surface area contributed by atoms with Crippen LogP contribution in [-0.4, -0.2) is 46.0 Å². The lowest BCUT2D eigenvalue weighted by Gasteiger charge is -2.51. The highest BCUT2D eigenvalue weighted by molar-refractivity contribution is 7.90. The van der Waals surface area contributed by atoms with E-state index in [0.717, 1.165) is 19.4 Å². The Hall–Kier alpha value is -0.170. The third kappa shape index (κ3) is 3.90. The molecule has 1 saturated carbocycles. The number of hydrogen-bond donors (Lipinski definition) is 2. The quantitative estimate of drug-likeness (QED) is 0.658. The SMILES string of the molecule is CCCNCC(C)S(=O)(=O)NC1CC(OC)C1(C)C. The van der Waals surface area contributed by atoms with Crippen molar-refractivity contribution in [3.63, 3.8) is 0 Å². The Morgan fingerprint density at radius 2 is 2.05 bits per heavy atom. The molecule has 2 N–H and O–H groups in total. The van der Waals surface area contributed by atoms with E-state index in [0.29, 0.717) is 6.54 Å². The maximum Gasteiger partial charge on any atom is 0.215 e. The van der Waals surface area contributed by atoms with E-state index in [-0.39, 0.29) is 17.6 Å². The zero-order valence-electron chi connectivity index (χ0n) is 12.7. The van der Waals surface area contributed by atoms with Crippen molar-refractivity contribution < 1.29 is 13.2 Å². The van der Waals surface area contributed by atoms with Gasteiger partial charge in [-0.2, -0.15) is 0 Å². The van der Waals surface area contributed by atoms with Crippen molar-refractivity contribution in [1.29, 1.82) is 0 Å². The number of methoxy groups -OCH3 is 1. The van der Waals surface area contributed by atoms with E-state index in [4.69, 9.17) is 4.74 Å². The summed E-state index contributed by atoms with van der Waals surface area (Å²) in [6, 6.07) is -0.0314. The van der Waals surface area contributed by atoms with Gasteiger partial charge in [0.05, 0.1) is 11.4 Å². The van der Waals surface area contributed by atoms with Crippen molar-refractivity contribution in [2.24, 2.45) is 5.41 Å². The molecule has 0 heterocycles. The third-order valence-corrected chi connectivity index (χ3v) is 6.00. The van der Waals surface area contributed by atoms with Gasteiger partial charge in [-0.05, 0) is 26.3 Å². The van der Waals surface area contributed by atoms with Crippen molar-refractivity contribution in [3.8, 4) is 0 Å². The second kappa shape index (κ2) is 6.52. The first-order chi connectivity index (χ1) is 8.75. The fraction of sp³-hybridized carbons (Fsp3) is 1.00. The summed E-state index contributed by atoms with van der Waals surface area (Å²) in [5.74, 6) is 0. The largest absolute Gasteiger partial charge is 0.381 e. The standard InChI is InChI=1S/C13H28N2O3S/c1-6-7-14-9-10(2)19(16,17)15-11-8-12(18-5)13(11,3)4/h10-12,14-15H,6-9H2,1-5H3. The van der Waals surface area contributed by atoms with Gasteiger partial charge in [0.1, 0.15) is 0 Å². The molecule has 1 aliphatic rings. The molecule has 0 amide bonds. The number of rotatable bonds is 8. The lowest BCUT2D eigenvalue weighted by molar-refractivity contribution is -0.0909. The summed E-state index contributed by atoms with van der Waals surface area (Å²) < 4.78 is 32.6. The lowest BCUT2D eigenvalue weighted by Crippen LogP contribution is -2.62. The van der Waals surface area contributed by atoms with E-state index < -0.39 is 15.3 Å². The van der Waals surface area contributed by atoms with Gasteiger partial charge < -0.3 is 10.1 Å². The molecule has 0 saturated heterocycles. The normalized spacial score (nSPS) is 27.8. The molecule has 0 bridgehead atoms. The van der Waals surface area contributed by atoms with Gasteiger partial charge in [0.15, 0.2) is 0 Å². The minimum Gasteiger partial charge on any atom is -0.381 e. The summed E-state index contributed by atoms with van der Waals surface area (Å²) in [4.78, 5) is 0. The number of sulfonamides is 1. The maximum absolute atomic E-state index is 12.2. The summed E-state index contributed by atoms with van der Waals surface area (Å²) in [7, 11) is -1.60. The Labute approximate surface area is 117 Å². The smallest absolute Gasteiger partial charge is 0.215 e. The van der Waals surface area contributed by atoms with Crippen molar-refractivity contribution in [1.82, 2.24) is 10.0 Å². The van der Waals surface area contributed by atoms with E-state index in [9.17, 15) is 8.42 Å². The predicted molar refractivity (Wildman–Crippen MR) is 77.7 cm³/mol. The van der Waals surface area contributed by atoms with Crippen LogP contribution in [0, 0.1) is 5.41 Å². The van der Waals surface area contributed by atoms with Crippen molar-refractivity contribution in [2.75, 3.05) is 20.2 Å². The minimum atomic E-state index is -3.27. The van der Waals surface area contributed by atoms with Crippen LogP contribution in [0.2, 0.25) is 0 Å². The van der Waals surface area contributed by atoms with Crippen LogP contribution in [0.5, 0.6) is 0 Å². The first-order valence-electron chi connectivity index (χ1n) is 7.00. The van der Waals surface area contributed by atoms with Crippen LogP contribution in [0.3, 0.4) is 0 Å². The molecule has 0 spiro atoms. The highest BCUT2D eigenvalue weighted by Gasteiger charge is 2.50. The fourth-order valence-corrected chi connectivity index (χ4v) is 3.76. The summed E-state index contributed by atoms with van der Waals surface area (Å²) >= 11 is 0. The molecular formula is C13H28N2O3S. The zero-order valence-corrected chi connectivity index (χ0v) is 13.5. The molecular weight excluding hydrogens is 264 g/mol. The van der Waals surface area contributed by atoms with Crippen LogP contribution < -0.4 is 10.0 Å². The molecule has 5 nitrogen and oxygen atoms in total. The van der Waals surface area contributed by atoms with E-state index in [1.165, 1.54) is 0 Å². The topological polar surface area (TPSA) is 67.4 Å².